The molecule has 0 aliphatic carbocycles. The summed E-state index contributed by atoms with van der Waals surface area (Å²) < 4.78 is 13.5. The fraction of sp³-hybridized carbons (Fsp3) is 0.0909. The molecule has 0 atom stereocenters. The van der Waals surface area contributed by atoms with Crippen LogP contribution in [0.2, 0.25) is 5.02 Å². The Morgan fingerprint density at radius 3 is 2.59 bits per heavy atom. The van der Waals surface area contributed by atoms with Gasteiger partial charge in [-0.05, 0) is 42.0 Å². The fourth-order valence-electron chi connectivity index (χ4n) is 3.87. The van der Waals surface area contributed by atoms with Crippen molar-refractivity contribution >= 4 is 40.8 Å². The fourth-order valence-corrected chi connectivity index (χ4v) is 4.05. The van der Waals surface area contributed by atoms with Crippen molar-refractivity contribution in [2.45, 2.75) is 6.42 Å². The second kappa shape index (κ2) is 6.60. The number of H-pyrrole nitrogens is 1. The number of carbonyl (C=O) groups excluding carboxylic acids is 2. The first-order valence-electron chi connectivity index (χ1n) is 9.13. The number of fused-ring (bicyclic) bond motifs is 2. The Hall–Kier alpha value is -3.38. The third-order valence-electron chi connectivity index (χ3n) is 5.18. The lowest BCUT2D eigenvalue weighted by Crippen LogP contribution is -2.31. The van der Waals surface area contributed by atoms with E-state index in [4.69, 9.17) is 11.6 Å². The first kappa shape index (κ1) is 17.7. The van der Waals surface area contributed by atoms with Crippen LogP contribution in [0.1, 0.15) is 27.3 Å². The van der Waals surface area contributed by atoms with E-state index in [1.54, 1.807) is 36.4 Å². The maximum Gasteiger partial charge on any atom is 0.256 e. The molecule has 2 aliphatic heterocycles. The maximum atomic E-state index is 13.5. The highest BCUT2D eigenvalue weighted by molar-refractivity contribution is 6.37. The maximum absolute atomic E-state index is 13.5. The van der Waals surface area contributed by atoms with Crippen LogP contribution in [0, 0.1) is 5.82 Å². The molecular weight excluding hydrogens is 393 g/mol. The minimum absolute atomic E-state index is 0.189. The van der Waals surface area contributed by atoms with Crippen LogP contribution in [0.15, 0.2) is 42.5 Å². The van der Waals surface area contributed by atoms with Gasteiger partial charge in [0.15, 0.2) is 0 Å². The first-order valence-corrected chi connectivity index (χ1v) is 9.51. The van der Waals surface area contributed by atoms with Crippen LogP contribution in [-0.2, 0) is 11.2 Å². The lowest BCUT2D eigenvalue weighted by molar-refractivity contribution is -0.110. The van der Waals surface area contributed by atoms with Crippen LogP contribution in [0.3, 0.4) is 0 Å². The summed E-state index contributed by atoms with van der Waals surface area (Å²) in [4.78, 5) is 28.5. The molecule has 2 aromatic carbocycles. The van der Waals surface area contributed by atoms with Crippen LogP contribution >= 0.6 is 11.6 Å². The number of aromatic amines is 1. The molecule has 3 aromatic rings. The van der Waals surface area contributed by atoms with Crippen molar-refractivity contribution in [3.8, 4) is 11.1 Å². The van der Waals surface area contributed by atoms with Crippen LogP contribution in [0.5, 0.6) is 0 Å². The summed E-state index contributed by atoms with van der Waals surface area (Å²) in [6.07, 6.45) is 2.37. The van der Waals surface area contributed by atoms with Crippen molar-refractivity contribution in [3.05, 3.63) is 75.8 Å². The van der Waals surface area contributed by atoms with E-state index in [1.165, 1.54) is 12.1 Å². The molecule has 0 spiro atoms. The zero-order valence-electron chi connectivity index (χ0n) is 15.1. The van der Waals surface area contributed by atoms with Gasteiger partial charge in [0, 0.05) is 46.2 Å². The van der Waals surface area contributed by atoms with Crippen LogP contribution < -0.4 is 10.6 Å². The Bertz CT molecular complexity index is 1210. The molecule has 29 heavy (non-hydrogen) atoms. The smallest absolute Gasteiger partial charge is 0.256 e. The lowest BCUT2D eigenvalue weighted by atomic mass is 9.95. The standard InChI is InChI=1S/C22H15ClFN3O2/c23-12-3-6-16-14(9-12)15(21(28)27-16)10-18-19(11-1-4-13(24)5-2-11)20-17(26-18)7-8-25-22(20)29/h1-6,9-10,26H,7-8H2,(H,25,29)(H,27,28)/b15-10-. The molecule has 5 nitrogen and oxygen atoms in total. The summed E-state index contributed by atoms with van der Waals surface area (Å²) in [5.41, 5.74) is 5.11. The Morgan fingerprint density at radius 2 is 1.79 bits per heavy atom. The number of rotatable bonds is 2. The number of anilines is 1. The van der Waals surface area contributed by atoms with E-state index < -0.39 is 0 Å². The zero-order chi connectivity index (χ0) is 20.1. The second-order valence-corrected chi connectivity index (χ2v) is 7.42. The van der Waals surface area contributed by atoms with Gasteiger partial charge in [-0.15, -0.1) is 0 Å². The van der Waals surface area contributed by atoms with E-state index in [1.807, 2.05) is 0 Å². The van der Waals surface area contributed by atoms with Gasteiger partial charge < -0.3 is 15.6 Å². The average molecular weight is 408 g/mol. The van der Waals surface area contributed by atoms with Gasteiger partial charge in [-0.1, -0.05) is 23.7 Å². The number of benzene rings is 2. The van der Waals surface area contributed by atoms with Crippen molar-refractivity contribution in [2.24, 2.45) is 0 Å². The first-order chi connectivity index (χ1) is 14.0. The molecule has 0 saturated heterocycles. The van der Waals surface area contributed by atoms with Gasteiger partial charge in [-0.2, -0.15) is 0 Å². The molecule has 7 heteroatoms. The third kappa shape index (κ3) is 2.93. The zero-order valence-corrected chi connectivity index (χ0v) is 15.9. The van der Waals surface area contributed by atoms with Gasteiger partial charge in [0.2, 0.25) is 0 Å². The molecule has 144 valence electrons. The van der Waals surface area contributed by atoms with E-state index in [0.717, 1.165) is 5.69 Å². The van der Waals surface area contributed by atoms with E-state index in [9.17, 15) is 14.0 Å². The molecule has 0 fully saturated rings. The summed E-state index contributed by atoms with van der Waals surface area (Å²) in [5, 5.41) is 6.19. The molecular formula is C22H15ClFN3O2. The monoisotopic (exact) mass is 407 g/mol. The molecule has 5 rings (SSSR count). The molecule has 0 saturated carbocycles. The normalized spacial score (nSPS) is 16.4. The van der Waals surface area contributed by atoms with Crippen LogP contribution in [0.25, 0.3) is 22.8 Å². The summed E-state index contributed by atoms with van der Waals surface area (Å²) in [6, 6.07) is 11.2. The van der Waals surface area contributed by atoms with Gasteiger partial charge >= 0.3 is 0 Å². The van der Waals surface area contributed by atoms with E-state index >= 15 is 0 Å². The molecule has 3 N–H and O–H groups in total. The predicted molar refractivity (Wildman–Crippen MR) is 110 cm³/mol. The summed E-state index contributed by atoms with van der Waals surface area (Å²) >= 11 is 6.12. The van der Waals surface area contributed by atoms with Gasteiger partial charge in [0.05, 0.1) is 11.1 Å². The van der Waals surface area contributed by atoms with Crippen molar-refractivity contribution < 1.29 is 14.0 Å². The van der Waals surface area contributed by atoms with Gasteiger partial charge in [0.1, 0.15) is 5.82 Å². The number of nitrogens with one attached hydrogen (secondary N) is 3. The van der Waals surface area contributed by atoms with Crippen LogP contribution in [0.4, 0.5) is 10.1 Å². The van der Waals surface area contributed by atoms with Crippen molar-refractivity contribution in [3.63, 3.8) is 0 Å². The minimum Gasteiger partial charge on any atom is -0.358 e. The Labute approximate surface area is 170 Å². The predicted octanol–water partition coefficient (Wildman–Crippen LogP) is 4.25. The van der Waals surface area contributed by atoms with E-state index in [-0.39, 0.29) is 17.6 Å². The molecule has 3 heterocycles. The quantitative estimate of drug-likeness (QED) is 0.555. The van der Waals surface area contributed by atoms with Gasteiger partial charge in [-0.3, -0.25) is 9.59 Å². The van der Waals surface area contributed by atoms with Gasteiger partial charge in [0.25, 0.3) is 11.8 Å². The SMILES string of the molecule is O=C1Nc2ccc(Cl)cc2/C1=C/c1[nH]c2c(c1-c1ccc(F)cc1)C(=O)NCC2. The third-order valence-corrected chi connectivity index (χ3v) is 5.42. The molecule has 0 radical (unpaired) electrons. The minimum atomic E-state index is -0.360. The number of hydrogen-bond acceptors (Lipinski definition) is 2. The molecule has 0 bridgehead atoms. The van der Waals surface area contributed by atoms with Gasteiger partial charge in [-0.25, -0.2) is 4.39 Å². The summed E-state index contributed by atoms with van der Waals surface area (Å²) in [6.45, 7) is 0.532. The number of halogens is 2. The molecule has 2 amide bonds. The lowest BCUT2D eigenvalue weighted by Gasteiger charge is -2.14. The largest absolute Gasteiger partial charge is 0.358 e. The highest BCUT2D eigenvalue weighted by Crippen LogP contribution is 2.38. The summed E-state index contributed by atoms with van der Waals surface area (Å²) in [7, 11) is 0. The van der Waals surface area contributed by atoms with Crippen molar-refractivity contribution in [2.75, 3.05) is 11.9 Å². The topological polar surface area (TPSA) is 74.0 Å². The van der Waals surface area contributed by atoms with Crippen molar-refractivity contribution in [1.82, 2.24) is 10.3 Å². The van der Waals surface area contributed by atoms with Crippen LogP contribution in [-0.4, -0.2) is 23.3 Å². The summed E-state index contributed by atoms with van der Waals surface area (Å²) in [5.74, 6) is -0.795. The number of hydrogen-bond donors (Lipinski definition) is 3. The number of aromatic nitrogens is 1. The number of carbonyl (C=O) groups is 2. The molecule has 0 unspecified atom stereocenters. The highest BCUT2D eigenvalue weighted by atomic mass is 35.5. The Balaban J connectivity index is 1.73. The van der Waals surface area contributed by atoms with Crippen molar-refractivity contribution in [1.29, 1.82) is 0 Å². The number of amides is 2. The Kier molecular flexibility index (Phi) is 4.03. The average Bonchev–Trinajstić information content (AvgIpc) is 3.21. The molecule has 1 aromatic heterocycles. The Morgan fingerprint density at radius 1 is 1.00 bits per heavy atom. The second-order valence-electron chi connectivity index (χ2n) is 6.98. The van der Waals surface area contributed by atoms with E-state index in [0.29, 0.717) is 57.2 Å². The van der Waals surface area contributed by atoms with E-state index in [2.05, 4.69) is 15.6 Å². The molecule has 2 aliphatic rings. The highest BCUT2D eigenvalue weighted by Gasteiger charge is 2.29.